The molecular weight excluding hydrogens is 200 g/mol. The zero-order valence-corrected chi connectivity index (χ0v) is 10.2. The van der Waals surface area contributed by atoms with Gasteiger partial charge in [0.25, 0.3) is 0 Å². The summed E-state index contributed by atoms with van der Waals surface area (Å²) in [6, 6.07) is 5.27. The molecular formula is C14H18O2. The van der Waals surface area contributed by atoms with Gasteiger partial charge in [-0.25, -0.2) is 0 Å². The number of rotatable bonds is 2. The monoisotopic (exact) mass is 218 g/mol. The Morgan fingerprint density at radius 1 is 1.31 bits per heavy atom. The smallest absolute Gasteiger partial charge is 0.161 e. The number of carbonyl (C=O) groups excluding carboxylic acids is 1. The third-order valence-corrected chi connectivity index (χ3v) is 2.39. The highest BCUT2D eigenvalue weighted by atomic mass is 16.3. The van der Waals surface area contributed by atoms with Crippen molar-refractivity contribution in [3.8, 4) is 5.75 Å². The summed E-state index contributed by atoms with van der Waals surface area (Å²) in [4.78, 5) is 11.7. The molecule has 86 valence electrons. The Labute approximate surface area is 96.6 Å². The summed E-state index contributed by atoms with van der Waals surface area (Å²) < 4.78 is 0. The van der Waals surface area contributed by atoms with E-state index in [4.69, 9.17) is 0 Å². The van der Waals surface area contributed by atoms with Crippen LogP contribution in [-0.2, 0) is 4.79 Å². The van der Waals surface area contributed by atoms with Crippen LogP contribution in [0.1, 0.15) is 31.9 Å². The van der Waals surface area contributed by atoms with Gasteiger partial charge in [-0.05, 0) is 36.3 Å². The number of aryl methyl sites for hydroxylation is 1. The van der Waals surface area contributed by atoms with Gasteiger partial charge in [-0.3, -0.25) is 4.79 Å². The van der Waals surface area contributed by atoms with Crippen molar-refractivity contribution >= 4 is 11.9 Å². The molecule has 0 spiro atoms. The summed E-state index contributed by atoms with van der Waals surface area (Å²) in [6.45, 7) is 7.50. The van der Waals surface area contributed by atoms with Crippen LogP contribution in [0.5, 0.6) is 5.75 Å². The van der Waals surface area contributed by atoms with E-state index in [1.54, 1.807) is 24.3 Å². The highest BCUT2D eigenvalue weighted by Crippen LogP contribution is 2.19. The summed E-state index contributed by atoms with van der Waals surface area (Å²) in [5, 5.41) is 9.36. The number of allylic oxidation sites excluding steroid dienone is 1. The normalized spacial score (nSPS) is 12.0. The van der Waals surface area contributed by atoms with Crippen molar-refractivity contribution in [2.45, 2.75) is 27.7 Å². The van der Waals surface area contributed by atoms with E-state index >= 15 is 0 Å². The molecule has 0 saturated heterocycles. The van der Waals surface area contributed by atoms with Crippen LogP contribution in [0.4, 0.5) is 0 Å². The van der Waals surface area contributed by atoms with Crippen LogP contribution in [0.2, 0.25) is 0 Å². The molecule has 1 N–H and O–H groups in total. The third-order valence-electron chi connectivity index (χ3n) is 2.39. The molecule has 2 heteroatoms. The molecule has 2 nitrogen and oxygen atoms in total. The first kappa shape index (κ1) is 12.5. The molecule has 0 aliphatic carbocycles. The average molecular weight is 218 g/mol. The Morgan fingerprint density at radius 3 is 2.44 bits per heavy atom. The van der Waals surface area contributed by atoms with E-state index in [9.17, 15) is 9.90 Å². The third kappa shape index (κ3) is 3.23. The van der Waals surface area contributed by atoms with Crippen LogP contribution in [0, 0.1) is 12.3 Å². The molecule has 0 fully saturated rings. The first-order valence-electron chi connectivity index (χ1n) is 5.33. The van der Waals surface area contributed by atoms with Crippen molar-refractivity contribution in [3.05, 3.63) is 35.4 Å². The highest BCUT2D eigenvalue weighted by Gasteiger charge is 2.17. The molecule has 1 rings (SSSR count). The van der Waals surface area contributed by atoms with Crippen molar-refractivity contribution in [2.24, 2.45) is 5.41 Å². The van der Waals surface area contributed by atoms with Crippen molar-refractivity contribution in [1.82, 2.24) is 0 Å². The highest BCUT2D eigenvalue weighted by molar-refractivity contribution is 5.97. The largest absolute Gasteiger partial charge is 0.508 e. The molecule has 0 saturated carbocycles. The Balaban J connectivity index is 2.85. The van der Waals surface area contributed by atoms with E-state index in [0.717, 1.165) is 11.1 Å². The summed E-state index contributed by atoms with van der Waals surface area (Å²) in [7, 11) is 0. The maximum Gasteiger partial charge on any atom is 0.161 e. The first-order chi connectivity index (χ1) is 7.30. The summed E-state index contributed by atoms with van der Waals surface area (Å²) in [5.41, 5.74) is 1.39. The molecule has 1 aromatic carbocycles. The fourth-order valence-corrected chi connectivity index (χ4v) is 1.20. The lowest BCUT2D eigenvalue weighted by Crippen LogP contribution is -2.17. The zero-order chi connectivity index (χ0) is 12.3. The average Bonchev–Trinajstić information content (AvgIpc) is 2.18. The minimum atomic E-state index is -0.345. The van der Waals surface area contributed by atoms with Crippen molar-refractivity contribution in [2.75, 3.05) is 0 Å². The fourth-order valence-electron chi connectivity index (χ4n) is 1.20. The second-order valence-electron chi connectivity index (χ2n) is 4.99. The maximum atomic E-state index is 11.7. The van der Waals surface area contributed by atoms with E-state index in [1.165, 1.54) is 0 Å². The van der Waals surface area contributed by atoms with Gasteiger partial charge >= 0.3 is 0 Å². The van der Waals surface area contributed by atoms with Crippen LogP contribution in [-0.4, -0.2) is 10.9 Å². The van der Waals surface area contributed by atoms with Gasteiger partial charge in [-0.1, -0.05) is 32.9 Å². The number of benzene rings is 1. The van der Waals surface area contributed by atoms with Crippen LogP contribution < -0.4 is 0 Å². The molecule has 1 aromatic rings. The number of phenolic OH excluding ortho intramolecular Hbond substituents is 1. The lowest BCUT2D eigenvalue weighted by Gasteiger charge is -2.12. The predicted octanol–water partition coefficient (Wildman–Crippen LogP) is 3.33. The quantitative estimate of drug-likeness (QED) is 0.773. The van der Waals surface area contributed by atoms with Crippen LogP contribution in [0.3, 0.4) is 0 Å². The lowest BCUT2D eigenvalue weighted by molar-refractivity contribution is -0.121. The zero-order valence-electron chi connectivity index (χ0n) is 10.2. The van der Waals surface area contributed by atoms with Crippen LogP contribution >= 0.6 is 0 Å². The number of hydrogen-bond donors (Lipinski definition) is 1. The number of aromatic hydroxyl groups is 1. The van der Waals surface area contributed by atoms with Gasteiger partial charge in [0, 0.05) is 5.41 Å². The van der Waals surface area contributed by atoms with Crippen molar-refractivity contribution in [3.63, 3.8) is 0 Å². The first-order valence-corrected chi connectivity index (χ1v) is 5.33. The van der Waals surface area contributed by atoms with Crippen LogP contribution in [0.25, 0.3) is 6.08 Å². The minimum Gasteiger partial charge on any atom is -0.508 e. The van der Waals surface area contributed by atoms with Gasteiger partial charge in [0.15, 0.2) is 5.78 Å². The molecule has 0 heterocycles. The molecule has 0 atom stereocenters. The second-order valence-corrected chi connectivity index (χ2v) is 4.99. The van der Waals surface area contributed by atoms with Gasteiger partial charge in [-0.15, -0.1) is 0 Å². The maximum absolute atomic E-state index is 11.7. The van der Waals surface area contributed by atoms with Crippen molar-refractivity contribution in [1.29, 1.82) is 0 Å². The SMILES string of the molecule is Cc1cc(/C=C/C(=O)C(C)(C)C)ccc1O. The van der Waals surface area contributed by atoms with Crippen molar-refractivity contribution < 1.29 is 9.90 Å². The topological polar surface area (TPSA) is 37.3 Å². The number of phenols is 1. The number of hydrogen-bond acceptors (Lipinski definition) is 2. The molecule has 0 bridgehead atoms. The molecule has 0 amide bonds. The molecule has 0 aliphatic heterocycles. The van der Waals surface area contributed by atoms with Gasteiger partial charge in [0.2, 0.25) is 0 Å². The van der Waals surface area contributed by atoms with E-state index in [0.29, 0.717) is 0 Å². The van der Waals surface area contributed by atoms with Gasteiger partial charge < -0.3 is 5.11 Å². The summed E-state index contributed by atoms with van der Waals surface area (Å²) in [5.74, 6) is 0.373. The Kier molecular flexibility index (Phi) is 3.53. The Hall–Kier alpha value is -1.57. The van der Waals surface area contributed by atoms with Gasteiger partial charge in [-0.2, -0.15) is 0 Å². The molecule has 0 unspecified atom stereocenters. The molecule has 0 radical (unpaired) electrons. The van der Waals surface area contributed by atoms with E-state index in [2.05, 4.69) is 0 Å². The summed E-state index contributed by atoms with van der Waals surface area (Å²) in [6.07, 6.45) is 3.37. The van der Waals surface area contributed by atoms with Gasteiger partial charge in [0.05, 0.1) is 0 Å². The standard InChI is InChI=1S/C14H18O2/c1-10-9-11(5-7-12(10)15)6-8-13(16)14(2,3)4/h5-9,15H,1-4H3/b8-6+. The number of ketones is 1. The van der Waals surface area contributed by atoms with Crippen LogP contribution in [0.15, 0.2) is 24.3 Å². The molecule has 0 aromatic heterocycles. The fraction of sp³-hybridized carbons (Fsp3) is 0.357. The number of carbonyl (C=O) groups is 1. The molecule has 16 heavy (non-hydrogen) atoms. The Morgan fingerprint density at radius 2 is 1.94 bits per heavy atom. The van der Waals surface area contributed by atoms with Gasteiger partial charge in [0.1, 0.15) is 5.75 Å². The van der Waals surface area contributed by atoms with E-state index < -0.39 is 0 Å². The lowest BCUT2D eigenvalue weighted by atomic mass is 9.90. The van der Waals surface area contributed by atoms with E-state index in [-0.39, 0.29) is 16.9 Å². The Bertz CT molecular complexity index is 423. The second kappa shape index (κ2) is 4.52. The molecule has 0 aliphatic rings. The summed E-state index contributed by atoms with van der Waals surface area (Å²) >= 11 is 0. The minimum absolute atomic E-state index is 0.0956. The van der Waals surface area contributed by atoms with E-state index in [1.807, 2.05) is 33.8 Å². The predicted molar refractivity (Wildman–Crippen MR) is 66.3 cm³/mol.